The van der Waals surface area contributed by atoms with Crippen LogP contribution in [0, 0.1) is 0 Å². The Balaban J connectivity index is 1.30. The Labute approximate surface area is 178 Å². The fourth-order valence-corrected chi connectivity index (χ4v) is 3.77. The van der Waals surface area contributed by atoms with Gasteiger partial charge in [0, 0.05) is 0 Å². The number of rotatable bonds is 4. The molecule has 0 fully saturated rings. The molecule has 0 saturated carbocycles. The number of hydrogen-bond donors (Lipinski definition) is 0. The zero-order valence-corrected chi connectivity index (χ0v) is 16.6. The Morgan fingerprint density at radius 1 is 0.452 bits per heavy atom. The van der Waals surface area contributed by atoms with Crippen molar-refractivity contribution in [2.75, 3.05) is 0 Å². The zero-order chi connectivity index (χ0) is 20.6. The first-order valence-electron chi connectivity index (χ1n) is 10.1. The molecule has 0 aliphatic rings. The van der Waals surface area contributed by atoms with Gasteiger partial charge in [-0.05, 0) is 66.1 Å². The van der Waals surface area contributed by atoms with E-state index in [4.69, 9.17) is 0 Å². The highest BCUT2D eigenvalue weighted by Crippen LogP contribution is 2.18. The van der Waals surface area contributed by atoms with Gasteiger partial charge in [-0.2, -0.15) is 9.59 Å². The maximum Gasteiger partial charge on any atom is 0.113 e. The van der Waals surface area contributed by atoms with Crippen LogP contribution in [0.5, 0.6) is 0 Å². The second-order valence-corrected chi connectivity index (χ2v) is 7.47. The molecule has 6 heteroatoms. The predicted octanol–water partition coefficient (Wildman–Crippen LogP) is 4.75. The van der Waals surface area contributed by atoms with E-state index >= 15 is 0 Å². The SMILES string of the molecule is c1cc(Cc2cccc(-n3nc4ccccc4n3)c2)cc(-n2nc3ccccc3n2)c1. The summed E-state index contributed by atoms with van der Waals surface area (Å²) in [5.74, 6) is 0. The van der Waals surface area contributed by atoms with Crippen LogP contribution in [-0.2, 0) is 6.42 Å². The Kier molecular flexibility index (Phi) is 4.06. The van der Waals surface area contributed by atoms with Gasteiger partial charge < -0.3 is 0 Å². The van der Waals surface area contributed by atoms with Gasteiger partial charge in [0.05, 0.1) is 11.4 Å². The van der Waals surface area contributed by atoms with Crippen molar-refractivity contribution < 1.29 is 0 Å². The van der Waals surface area contributed by atoms with Gasteiger partial charge in [0.1, 0.15) is 22.1 Å². The van der Waals surface area contributed by atoms with Crippen LogP contribution in [0.2, 0.25) is 0 Å². The third kappa shape index (κ3) is 3.34. The normalized spacial score (nSPS) is 11.4. The molecular formula is C25H18N6. The Morgan fingerprint density at radius 2 is 0.839 bits per heavy atom. The van der Waals surface area contributed by atoms with Gasteiger partial charge in [-0.15, -0.1) is 20.4 Å². The van der Waals surface area contributed by atoms with Gasteiger partial charge in [-0.3, -0.25) is 0 Å². The summed E-state index contributed by atoms with van der Waals surface area (Å²) in [7, 11) is 0. The minimum Gasteiger partial charge on any atom is -0.150 e. The molecule has 6 aromatic rings. The summed E-state index contributed by atoms with van der Waals surface area (Å²) in [5, 5.41) is 18.4. The molecule has 0 unspecified atom stereocenters. The maximum absolute atomic E-state index is 4.59. The van der Waals surface area contributed by atoms with Gasteiger partial charge in [-0.25, -0.2) is 0 Å². The molecule has 0 saturated heterocycles. The van der Waals surface area contributed by atoms with Crippen molar-refractivity contribution in [2.24, 2.45) is 0 Å². The lowest BCUT2D eigenvalue weighted by atomic mass is 10.0. The highest BCUT2D eigenvalue weighted by Gasteiger charge is 2.07. The van der Waals surface area contributed by atoms with Crippen LogP contribution < -0.4 is 0 Å². The van der Waals surface area contributed by atoms with E-state index < -0.39 is 0 Å². The second-order valence-electron chi connectivity index (χ2n) is 7.47. The van der Waals surface area contributed by atoms with E-state index in [2.05, 4.69) is 44.7 Å². The molecular weight excluding hydrogens is 384 g/mol. The van der Waals surface area contributed by atoms with Crippen molar-refractivity contribution in [1.82, 2.24) is 30.0 Å². The van der Waals surface area contributed by atoms with Crippen molar-refractivity contribution in [3.63, 3.8) is 0 Å². The number of fused-ring (bicyclic) bond motifs is 2. The van der Waals surface area contributed by atoms with Crippen LogP contribution >= 0.6 is 0 Å². The van der Waals surface area contributed by atoms with Gasteiger partial charge >= 0.3 is 0 Å². The first-order chi connectivity index (χ1) is 15.3. The summed E-state index contributed by atoms with van der Waals surface area (Å²) in [5.41, 5.74) is 7.83. The smallest absolute Gasteiger partial charge is 0.113 e. The Morgan fingerprint density at radius 3 is 1.23 bits per heavy atom. The topological polar surface area (TPSA) is 61.4 Å². The molecule has 2 aromatic heterocycles. The van der Waals surface area contributed by atoms with Gasteiger partial charge in [0.15, 0.2) is 0 Å². The Bertz CT molecular complexity index is 1350. The first kappa shape index (κ1) is 17.5. The second kappa shape index (κ2) is 7.18. The summed E-state index contributed by atoms with van der Waals surface area (Å²) in [6.45, 7) is 0. The van der Waals surface area contributed by atoms with E-state index in [1.807, 2.05) is 72.8 Å². The molecule has 4 aromatic carbocycles. The number of hydrogen-bond acceptors (Lipinski definition) is 4. The van der Waals surface area contributed by atoms with Crippen molar-refractivity contribution in [3.05, 3.63) is 108 Å². The molecule has 148 valence electrons. The predicted molar refractivity (Wildman–Crippen MR) is 121 cm³/mol. The molecule has 0 amide bonds. The van der Waals surface area contributed by atoms with Crippen molar-refractivity contribution in [2.45, 2.75) is 6.42 Å². The quantitative estimate of drug-likeness (QED) is 0.427. The van der Waals surface area contributed by atoms with E-state index in [-0.39, 0.29) is 0 Å². The lowest BCUT2D eigenvalue weighted by Crippen LogP contribution is -2.01. The van der Waals surface area contributed by atoms with E-state index in [1.165, 1.54) is 11.1 Å². The molecule has 31 heavy (non-hydrogen) atoms. The Hall–Kier alpha value is -4.32. The molecule has 0 spiro atoms. The van der Waals surface area contributed by atoms with Gasteiger partial charge in [0.2, 0.25) is 0 Å². The number of aromatic nitrogens is 6. The monoisotopic (exact) mass is 402 g/mol. The van der Waals surface area contributed by atoms with E-state index in [0.717, 1.165) is 39.9 Å². The zero-order valence-electron chi connectivity index (χ0n) is 16.6. The fraction of sp³-hybridized carbons (Fsp3) is 0.0400. The van der Waals surface area contributed by atoms with Crippen LogP contribution in [0.25, 0.3) is 33.4 Å². The molecule has 6 rings (SSSR count). The highest BCUT2D eigenvalue weighted by molar-refractivity contribution is 5.74. The summed E-state index contributed by atoms with van der Waals surface area (Å²) in [6.07, 6.45) is 0.795. The minimum atomic E-state index is 0.795. The molecule has 6 nitrogen and oxygen atoms in total. The highest BCUT2D eigenvalue weighted by atomic mass is 15.5. The maximum atomic E-state index is 4.59. The van der Waals surface area contributed by atoms with Crippen LogP contribution in [0.4, 0.5) is 0 Å². The summed E-state index contributed by atoms with van der Waals surface area (Å²) in [4.78, 5) is 3.40. The van der Waals surface area contributed by atoms with Crippen LogP contribution in [0.15, 0.2) is 97.1 Å². The van der Waals surface area contributed by atoms with Crippen molar-refractivity contribution in [3.8, 4) is 11.4 Å². The lowest BCUT2D eigenvalue weighted by molar-refractivity contribution is 0.763. The first-order valence-corrected chi connectivity index (χ1v) is 10.1. The van der Waals surface area contributed by atoms with E-state index in [9.17, 15) is 0 Å². The molecule has 0 aliphatic heterocycles. The molecule has 0 radical (unpaired) electrons. The van der Waals surface area contributed by atoms with E-state index in [1.54, 1.807) is 9.59 Å². The van der Waals surface area contributed by atoms with Gasteiger partial charge in [0.25, 0.3) is 0 Å². The van der Waals surface area contributed by atoms with Crippen LogP contribution in [0.3, 0.4) is 0 Å². The molecule has 0 atom stereocenters. The summed E-state index contributed by atoms with van der Waals surface area (Å²) < 4.78 is 0. The largest absolute Gasteiger partial charge is 0.150 e. The van der Waals surface area contributed by atoms with Gasteiger partial charge in [-0.1, -0.05) is 48.5 Å². The summed E-state index contributed by atoms with van der Waals surface area (Å²) in [6, 6.07) is 32.4. The third-order valence-electron chi connectivity index (χ3n) is 5.26. The average Bonchev–Trinajstić information content (AvgIpc) is 3.44. The molecule has 0 aliphatic carbocycles. The average molecular weight is 402 g/mol. The van der Waals surface area contributed by atoms with Crippen molar-refractivity contribution in [1.29, 1.82) is 0 Å². The number of benzene rings is 4. The lowest BCUT2D eigenvalue weighted by Gasteiger charge is -2.07. The van der Waals surface area contributed by atoms with E-state index in [0.29, 0.717) is 0 Å². The van der Waals surface area contributed by atoms with Crippen LogP contribution in [-0.4, -0.2) is 30.0 Å². The molecule has 0 bridgehead atoms. The fourth-order valence-electron chi connectivity index (χ4n) is 3.77. The molecule has 0 N–H and O–H groups in total. The summed E-state index contributed by atoms with van der Waals surface area (Å²) >= 11 is 0. The third-order valence-corrected chi connectivity index (χ3v) is 5.26. The van der Waals surface area contributed by atoms with Crippen molar-refractivity contribution >= 4 is 22.1 Å². The standard InChI is InChI=1S/C25H18N6/c1-2-12-23-22(11-1)26-30(27-23)20-9-5-7-18(16-20)15-19-8-6-10-21(17-19)31-28-24-13-3-4-14-25(24)29-31/h1-14,16-17H,15H2. The molecule has 2 heterocycles. The minimum absolute atomic E-state index is 0.795. The van der Waals surface area contributed by atoms with Crippen LogP contribution in [0.1, 0.15) is 11.1 Å². The number of nitrogens with zero attached hydrogens (tertiary/aromatic N) is 6.